The largest absolute Gasteiger partial charge is 0.353 e. The van der Waals surface area contributed by atoms with E-state index in [1.165, 1.54) is 0 Å². The number of amides is 3. The van der Waals surface area contributed by atoms with Crippen molar-refractivity contribution in [2.45, 2.75) is 80.8 Å². The summed E-state index contributed by atoms with van der Waals surface area (Å²) in [5.74, 6) is 1.18. The van der Waals surface area contributed by atoms with Crippen molar-refractivity contribution in [3.63, 3.8) is 0 Å². The molecule has 3 rings (SSSR count). The number of nitrogens with one attached hydrogen (secondary N) is 3. The van der Waals surface area contributed by atoms with Crippen LogP contribution in [0.15, 0.2) is 0 Å². The zero-order valence-corrected chi connectivity index (χ0v) is 14.4. The van der Waals surface area contributed by atoms with Crippen molar-refractivity contribution in [1.82, 2.24) is 16.0 Å². The van der Waals surface area contributed by atoms with Crippen molar-refractivity contribution in [3.8, 4) is 0 Å². The molecule has 0 aromatic rings. The molecule has 130 valence electrons. The average molecular weight is 340 g/mol. The predicted octanol–water partition coefficient (Wildman–Crippen LogP) is 1.10. The number of fused-ring (bicyclic) bond motifs is 1. The second-order valence-corrected chi connectivity index (χ2v) is 8.32. The van der Waals surface area contributed by atoms with E-state index < -0.39 is 0 Å². The number of nitrogens with two attached hydrogens (primary N) is 1. The van der Waals surface area contributed by atoms with Crippen LogP contribution < -0.4 is 21.7 Å². The lowest BCUT2D eigenvalue weighted by Crippen LogP contribution is -2.40. The number of carbonyl (C=O) groups excluding carboxylic acids is 2. The van der Waals surface area contributed by atoms with Gasteiger partial charge in [0.25, 0.3) is 0 Å². The summed E-state index contributed by atoms with van der Waals surface area (Å²) in [4.78, 5) is 23.3. The van der Waals surface area contributed by atoms with Crippen molar-refractivity contribution in [2.75, 3.05) is 5.75 Å². The van der Waals surface area contributed by atoms with Crippen LogP contribution in [0.3, 0.4) is 0 Å². The molecule has 3 atom stereocenters. The highest BCUT2D eigenvalue weighted by Gasteiger charge is 2.42. The number of urea groups is 1. The first-order valence-corrected chi connectivity index (χ1v) is 9.90. The Morgan fingerprint density at radius 2 is 2.00 bits per heavy atom. The number of rotatable bonds is 6. The van der Waals surface area contributed by atoms with Crippen LogP contribution in [0.2, 0.25) is 0 Å². The maximum absolute atomic E-state index is 12.0. The third-order valence-corrected chi connectivity index (χ3v) is 6.73. The number of unbranched alkanes of at least 4 members (excludes halogenated alkanes) is 1. The van der Waals surface area contributed by atoms with E-state index in [2.05, 4.69) is 16.0 Å². The van der Waals surface area contributed by atoms with Gasteiger partial charge >= 0.3 is 6.03 Å². The van der Waals surface area contributed by atoms with E-state index in [4.69, 9.17) is 5.73 Å². The van der Waals surface area contributed by atoms with Gasteiger partial charge in [-0.1, -0.05) is 6.42 Å². The molecule has 3 amide bonds. The SMILES string of the molecule is NC1CCC(NC(=O)CCCCC2SCC3NC(=O)NC32)CC1. The molecule has 0 bridgehead atoms. The van der Waals surface area contributed by atoms with Crippen LogP contribution in [0.4, 0.5) is 4.79 Å². The van der Waals surface area contributed by atoms with E-state index in [9.17, 15) is 9.59 Å². The molecule has 23 heavy (non-hydrogen) atoms. The third kappa shape index (κ3) is 4.53. The van der Waals surface area contributed by atoms with Gasteiger partial charge in [0.15, 0.2) is 0 Å². The van der Waals surface area contributed by atoms with Gasteiger partial charge in [0.2, 0.25) is 5.91 Å². The van der Waals surface area contributed by atoms with E-state index in [1.807, 2.05) is 11.8 Å². The van der Waals surface area contributed by atoms with Gasteiger partial charge in [0.05, 0.1) is 12.1 Å². The molecule has 3 fully saturated rings. The fourth-order valence-electron chi connectivity index (χ4n) is 3.84. The van der Waals surface area contributed by atoms with Crippen LogP contribution in [0.5, 0.6) is 0 Å². The molecule has 3 unspecified atom stereocenters. The Bertz CT molecular complexity index is 440. The zero-order valence-electron chi connectivity index (χ0n) is 13.6. The first kappa shape index (κ1) is 16.9. The molecule has 2 heterocycles. The second-order valence-electron chi connectivity index (χ2n) is 7.05. The van der Waals surface area contributed by atoms with Gasteiger partial charge in [-0.3, -0.25) is 4.79 Å². The third-order valence-electron chi connectivity index (χ3n) is 5.22. The maximum Gasteiger partial charge on any atom is 0.315 e. The molecule has 6 nitrogen and oxygen atoms in total. The van der Waals surface area contributed by atoms with Gasteiger partial charge in [-0.15, -0.1) is 0 Å². The van der Waals surface area contributed by atoms with E-state index in [-0.39, 0.29) is 18.0 Å². The van der Waals surface area contributed by atoms with E-state index in [0.29, 0.717) is 29.8 Å². The Balaban J connectivity index is 1.28. The molecular formula is C16H28N4O2S. The topological polar surface area (TPSA) is 96.2 Å². The van der Waals surface area contributed by atoms with Crippen molar-refractivity contribution >= 4 is 23.7 Å². The summed E-state index contributed by atoms with van der Waals surface area (Å²) >= 11 is 1.93. The Hall–Kier alpha value is -0.950. The molecule has 0 radical (unpaired) electrons. The molecule has 0 aromatic carbocycles. The second kappa shape index (κ2) is 7.75. The van der Waals surface area contributed by atoms with Crippen LogP contribution in [0, 0.1) is 0 Å². The summed E-state index contributed by atoms with van der Waals surface area (Å²) in [6.45, 7) is 0. The van der Waals surface area contributed by atoms with Gasteiger partial charge in [0, 0.05) is 29.5 Å². The highest BCUT2D eigenvalue weighted by Crippen LogP contribution is 2.33. The van der Waals surface area contributed by atoms with Gasteiger partial charge in [0.1, 0.15) is 0 Å². The Kier molecular flexibility index (Phi) is 5.69. The lowest BCUT2D eigenvalue weighted by molar-refractivity contribution is -0.122. The van der Waals surface area contributed by atoms with Crippen molar-refractivity contribution < 1.29 is 9.59 Å². The van der Waals surface area contributed by atoms with E-state index in [0.717, 1.165) is 50.7 Å². The fraction of sp³-hybridized carbons (Fsp3) is 0.875. The van der Waals surface area contributed by atoms with E-state index >= 15 is 0 Å². The summed E-state index contributed by atoms with van der Waals surface area (Å²) in [6.07, 6.45) is 7.71. The van der Waals surface area contributed by atoms with Crippen molar-refractivity contribution in [2.24, 2.45) is 5.73 Å². The predicted molar refractivity (Wildman–Crippen MR) is 92.3 cm³/mol. The van der Waals surface area contributed by atoms with Crippen LogP contribution in [0.1, 0.15) is 51.4 Å². The molecule has 0 aromatic heterocycles. The van der Waals surface area contributed by atoms with Gasteiger partial charge in [-0.2, -0.15) is 11.8 Å². The van der Waals surface area contributed by atoms with E-state index in [1.54, 1.807) is 0 Å². The monoisotopic (exact) mass is 340 g/mol. The number of hydrogen-bond donors (Lipinski definition) is 4. The molecular weight excluding hydrogens is 312 g/mol. The number of carbonyl (C=O) groups is 2. The minimum Gasteiger partial charge on any atom is -0.353 e. The first-order valence-electron chi connectivity index (χ1n) is 8.85. The average Bonchev–Trinajstić information content (AvgIpc) is 3.06. The summed E-state index contributed by atoms with van der Waals surface area (Å²) in [6, 6.07) is 1.18. The molecule has 2 saturated heterocycles. The fourth-order valence-corrected chi connectivity index (χ4v) is 5.38. The summed E-state index contributed by atoms with van der Waals surface area (Å²) in [5, 5.41) is 9.60. The van der Waals surface area contributed by atoms with Crippen LogP contribution in [-0.2, 0) is 4.79 Å². The van der Waals surface area contributed by atoms with Gasteiger partial charge in [-0.25, -0.2) is 4.79 Å². The molecule has 1 saturated carbocycles. The normalized spacial score (nSPS) is 36.2. The van der Waals surface area contributed by atoms with Crippen molar-refractivity contribution in [1.29, 1.82) is 0 Å². The minimum atomic E-state index is -0.0307. The zero-order chi connectivity index (χ0) is 16.2. The quantitative estimate of drug-likeness (QED) is 0.430. The number of thioether (sulfide) groups is 1. The summed E-state index contributed by atoms with van der Waals surface area (Å²) < 4.78 is 0. The Morgan fingerprint density at radius 1 is 1.22 bits per heavy atom. The van der Waals surface area contributed by atoms with Crippen LogP contribution >= 0.6 is 11.8 Å². The summed E-state index contributed by atoms with van der Waals surface area (Å²) in [7, 11) is 0. The standard InChI is InChI=1S/C16H28N4O2S/c17-10-5-7-11(8-6-10)18-14(21)4-2-1-3-13-15-12(9-23-13)19-16(22)20-15/h10-13,15H,1-9,17H2,(H,18,21)(H2,19,20,22). The maximum atomic E-state index is 12.0. The number of hydrogen-bond acceptors (Lipinski definition) is 4. The molecule has 7 heteroatoms. The van der Waals surface area contributed by atoms with Crippen molar-refractivity contribution in [3.05, 3.63) is 0 Å². The summed E-state index contributed by atoms with van der Waals surface area (Å²) in [5.41, 5.74) is 5.89. The lowest BCUT2D eigenvalue weighted by atomic mass is 9.92. The Labute approximate surface area is 142 Å². The van der Waals surface area contributed by atoms with Crippen LogP contribution in [0.25, 0.3) is 0 Å². The molecule has 5 N–H and O–H groups in total. The first-order chi connectivity index (χ1) is 11.1. The van der Waals surface area contributed by atoms with Crippen LogP contribution in [-0.4, -0.2) is 47.1 Å². The minimum absolute atomic E-state index is 0.0307. The van der Waals surface area contributed by atoms with Gasteiger partial charge in [-0.05, 0) is 38.5 Å². The Morgan fingerprint density at radius 3 is 2.78 bits per heavy atom. The molecule has 0 spiro atoms. The highest BCUT2D eigenvalue weighted by molar-refractivity contribution is 8.00. The molecule has 1 aliphatic carbocycles. The molecule has 2 aliphatic heterocycles. The smallest absolute Gasteiger partial charge is 0.315 e. The molecule has 3 aliphatic rings. The highest BCUT2D eigenvalue weighted by atomic mass is 32.2. The van der Waals surface area contributed by atoms with Gasteiger partial charge < -0.3 is 21.7 Å². The lowest BCUT2D eigenvalue weighted by Gasteiger charge is -2.26.